The summed E-state index contributed by atoms with van der Waals surface area (Å²) in [5.74, 6) is 0.900. The first kappa shape index (κ1) is 17.2. The standard InChI is InChI=1S/C20H25N3O3/c1-13-18(14(2)26-22-13)11-23-10-16-8-17(19(12-23)25-16)20(24)21-9-15-6-4-3-5-7-15/h3-7,16-17,19H,8-12H2,1-2H3,(H,21,24)/t16-,17+,19-/m1/s1. The number of aryl methyl sites for hydroxylation is 2. The second kappa shape index (κ2) is 7.21. The van der Waals surface area contributed by atoms with Crippen LogP contribution in [-0.4, -0.2) is 41.3 Å². The number of likely N-dealkylation sites (tertiary alicyclic amines) is 1. The van der Waals surface area contributed by atoms with E-state index in [1.165, 1.54) is 0 Å². The van der Waals surface area contributed by atoms with E-state index in [-0.39, 0.29) is 24.0 Å². The third-order valence-electron chi connectivity index (χ3n) is 5.44. The summed E-state index contributed by atoms with van der Waals surface area (Å²) >= 11 is 0. The van der Waals surface area contributed by atoms with Crippen molar-refractivity contribution in [2.45, 2.75) is 45.6 Å². The molecule has 2 saturated heterocycles. The zero-order valence-electron chi connectivity index (χ0n) is 15.3. The van der Waals surface area contributed by atoms with E-state index >= 15 is 0 Å². The van der Waals surface area contributed by atoms with Gasteiger partial charge in [-0.15, -0.1) is 0 Å². The number of ether oxygens (including phenoxy) is 1. The Kier molecular flexibility index (Phi) is 4.78. The van der Waals surface area contributed by atoms with Crippen molar-refractivity contribution < 1.29 is 14.1 Å². The molecule has 2 aliphatic heterocycles. The van der Waals surface area contributed by atoms with E-state index in [1.54, 1.807) is 0 Å². The molecule has 0 spiro atoms. The number of benzene rings is 1. The van der Waals surface area contributed by atoms with Gasteiger partial charge >= 0.3 is 0 Å². The Morgan fingerprint density at radius 2 is 2.08 bits per heavy atom. The molecule has 6 heteroatoms. The summed E-state index contributed by atoms with van der Waals surface area (Å²) in [5, 5.41) is 7.10. The average Bonchev–Trinajstić information content (AvgIpc) is 3.13. The van der Waals surface area contributed by atoms with Gasteiger partial charge in [-0.25, -0.2) is 0 Å². The topological polar surface area (TPSA) is 67.6 Å². The summed E-state index contributed by atoms with van der Waals surface area (Å²) in [6, 6.07) is 10.00. The third-order valence-corrected chi connectivity index (χ3v) is 5.44. The number of morpholine rings is 1. The van der Waals surface area contributed by atoms with E-state index in [1.807, 2.05) is 44.2 Å². The Labute approximate surface area is 153 Å². The summed E-state index contributed by atoms with van der Waals surface area (Å²) < 4.78 is 11.3. The highest BCUT2D eigenvalue weighted by molar-refractivity contribution is 5.79. The molecular formula is C20H25N3O3. The highest BCUT2D eigenvalue weighted by Gasteiger charge is 2.44. The number of amides is 1. The predicted octanol–water partition coefficient (Wildman–Crippen LogP) is 2.20. The smallest absolute Gasteiger partial charge is 0.226 e. The van der Waals surface area contributed by atoms with Crippen LogP contribution in [0.1, 0.15) is 29.0 Å². The number of aromatic nitrogens is 1. The number of rotatable bonds is 5. The largest absolute Gasteiger partial charge is 0.371 e. The maximum atomic E-state index is 12.7. The molecule has 2 aliphatic rings. The lowest BCUT2D eigenvalue weighted by atomic mass is 9.99. The fourth-order valence-electron chi connectivity index (χ4n) is 4.01. The minimum absolute atomic E-state index is 0.0370. The number of fused-ring (bicyclic) bond motifs is 2. The second-order valence-corrected chi connectivity index (χ2v) is 7.34. The highest BCUT2D eigenvalue weighted by atomic mass is 16.5. The van der Waals surface area contributed by atoms with Gasteiger partial charge in [-0.1, -0.05) is 35.5 Å². The van der Waals surface area contributed by atoms with Crippen molar-refractivity contribution in [3.63, 3.8) is 0 Å². The molecular weight excluding hydrogens is 330 g/mol. The van der Waals surface area contributed by atoms with Crippen LogP contribution in [-0.2, 0) is 22.6 Å². The first-order chi connectivity index (χ1) is 12.6. The van der Waals surface area contributed by atoms with Crippen LogP contribution in [0.3, 0.4) is 0 Å². The molecule has 3 heterocycles. The van der Waals surface area contributed by atoms with Crippen LogP contribution >= 0.6 is 0 Å². The highest BCUT2D eigenvalue weighted by Crippen LogP contribution is 2.33. The molecule has 1 aromatic heterocycles. The lowest BCUT2D eigenvalue weighted by Crippen LogP contribution is -2.45. The molecule has 1 amide bonds. The lowest BCUT2D eigenvalue weighted by Gasteiger charge is -2.32. The van der Waals surface area contributed by atoms with Crippen LogP contribution < -0.4 is 5.32 Å². The number of carbonyl (C=O) groups is 1. The van der Waals surface area contributed by atoms with Gasteiger partial charge in [0.15, 0.2) is 0 Å². The van der Waals surface area contributed by atoms with E-state index in [0.29, 0.717) is 6.54 Å². The average molecular weight is 355 g/mol. The molecule has 0 aliphatic carbocycles. The van der Waals surface area contributed by atoms with Gasteiger partial charge in [0.25, 0.3) is 0 Å². The fraction of sp³-hybridized carbons (Fsp3) is 0.500. The minimum Gasteiger partial charge on any atom is -0.371 e. The van der Waals surface area contributed by atoms with Crippen LogP contribution in [0.2, 0.25) is 0 Å². The van der Waals surface area contributed by atoms with E-state index in [0.717, 1.165) is 48.6 Å². The van der Waals surface area contributed by atoms with Gasteiger partial charge in [0.1, 0.15) is 5.76 Å². The maximum absolute atomic E-state index is 12.7. The van der Waals surface area contributed by atoms with E-state index < -0.39 is 0 Å². The quantitative estimate of drug-likeness (QED) is 0.891. The molecule has 4 rings (SSSR count). The van der Waals surface area contributed by atoms with Crippen LogP contribution in [0.15, 0.2) is 34.9 Å². The monoisotopic (exact) mass is 355 g/mol. The normalized spacial score (nSPS) is 25.4. The van der Waals surface area contributed by atoms with Crippen LogP contribution in [0, 0.1) is 19.8 Å². The predicted molar refractivity (Wildman–Crippen MR) is 96.3 cm³/mol. The van der Waals surface area contributed by atoms with Crippen LogP contribution in [0.4, 0.5) is 0 Å². The molecule has 1 aromatic carbocycles. The van der Waals surface area contributed by atoms with Gasteiger partial charge in [-0.05, 0) is 25.8 Å². The van der Waals surface area contributed by atoms with Crippen molar-refractivity contribution in [1.29, 1.82) is 0 Å². The van der Waals surface area contributed by atoms with Crippen molar-refractivity contribution >= 4 is 5.91 Å². The molecule has 0 radical (unpaired) electrons. The third kappa shape index (κ3) is 3.52. The number of hydrogen-bond acceptors (Lipinski definition) is 5. The van der Waals surface area contributed by atoms with Crippen LogP contribution in [0.25, 0.3) is 0 Å². The zero-order chi connectivity index (χ0) is 18.1. The fourth-order valence-corrected chi connectivity index (χ4v) is 4.01. The Morgan fingerprint density at radius 3 is 2.81 bits per heavy atom. The van der Waals surface area contributed by atoms with E-state index in [4.69, 9.17) is 9.26 Å². The molecule has 6 nitrogen and oxygen atoms in total. The minimum atomic E-state index is -0.0709. The van der Waals surface area contributed by atoms with E-state index in [9.17, 15) is 4.79 Å². The molecule has 0 saturated carbocycles. The van der Waals surface area contributed by atoms with Crippen molar-refractivity contribution in [1.82, 2.24) is 15.4 Å². The summed E-state index contributed by atoms with van der Waals surface area (Å²) in [6.07, 6.45) is 0.885. The van der Waals surface area contributed by atoms with Gasteiger partial charge in [-0.2, -0.15) is 0 Å². The van der Waals surface area contributed by atoms with Gasteiger partial charge in [0, 0.05) is 31.7 Å². The maximum Gasteiger partial charge on any atom is 0.226 e. The summed E-state index contributed by atoms with van der Waals surface area (Å²) in [5.41, 5.74) is 3.21. The summed E-state index contributed by atoms with van der Waals surface area (Å²) in [4.78, 5) is 15.0. The number of nitrogens with zero attached hydrogens (tertiary/aromatic N) is 2. The van der Waals surface area contributed by atoms with Crippen molar-refractivity contribution in [3.8, 4) is 0 Å². The Hall–Kier alpha value is -2.18. The Morgan fingerprint density at radius 1 is 1.27 bits per heavy atom. The van der Waals surface area contributed by atoms with Crippen molar-refractivity contribution in [2.75, 3.05) is 13.1 Å². The number of carbonyl (C=O) groups excluding carboxylic acids is 1. The molecule has 2 aromatic rings. The Bertz CT molecular complexity index is 754. The molecule has 2 fully saturated rings. The molecule has 26 heavy (non-hydrogen) atoms. The van der Waals surface area contributed by atoms with Gasteiger partial charge < -0.3 is 14.6 Å². The second-order valence-electron chi connectivity index (χ2n) is 7.34. The summed E-state index contributed by atoms with van der Waals surface area (Å²) in [6.45, 7) is 6.91. The molecule has 2 bridgehead atoms. The molecule has 138 valence electrons. The van der Waals surface area contributed by atoms with Gasteiger partial charge in [-0.3, -0.25) is 9.69 Å². The molecule has 3 atom stereocenters. The van der Waals surface area contributed by atoms with Crippen molar-refractivity contribution in [3.05, 3.63) is 52.9 Å². The molecule has 0 unspecified atom stereocenters. The first-order valence-electron chi connectivity index (χ1n) is 9.21. The Balaban J connectivity index is 1.35. The number of hydrogen-bond donors (Lipinski definition) is 1. The van der Waals surface area contributed by atoms with E-state index in [2.05, 4.69) is 15.4 Å². The van der Waals surface area contributed by atoms with Crippen LogP contribution in [0.5, 0.6) is 0 Å². The van der Waals surface area contributed by atoms with Gasteiger partial charge in [0.2, 0.25) is 5.91 Å². The SMILES string of the molecule is Cc1noc(C)c1CN1C[C@H]2C[C@H](C(=O)NCc3ccccc3)[C@@H](C1)O2. The summed E-state index contributed by atoms with van der Waals surface area (Å²) in [7, 11) is 0. The zero-order valence-corrected chi connectivity index (χ0v) is 15.3. The lowest BCUT2D eigenvalue weighted by molar-refractivity contribution is -0.128. The first-order valence-corrected chi connectivity index (χ1v) is 9.21. The van der Waals surface area contributed by atoms with Gasteiger partial charge in [0.05, 0.1) is 23.8 Å². The van der Waals surface area contributed by atoms with Crippen molar-refractivity contribution in [2.24, 2.45) is 5.92 Å². The molecule has 1 N–H and O–H groups in total. The number of nitrogens with one attached hydrogen (secondary N) is 1.